The third kappa shape index (κ3) is 3.60. The van der Waals surface area contributed by atoms with E-state index >= 15 is 0 Å². The van der Waals surface area contributed by atoms with Gasteiger partial charge in [-0.25, -0.2) is 0 Å². The van der Waals surface area contributed by atoms with E-state index in [9.17, 15) is 9.59 Å². The Morgan fingerprint density at radius 3 is 2.48 bits per heavy atom. The van der Waals surface area contributed by atoms with Crippen LogP contribution >= 0.6 is 0 Å². The summed E-state index contributed by atoms with van der Waals surface area (Å²) in [5.74, 6) is -0.0264. The Hall–Kier alpha value is -2.66. The summed E-state index contributed by atoms with van der Waals surface area (Å²) < 4.78 is 0. The van der Waals surface area contributed by atoms with Gasteiger partial charge in [0.2, 0.25) is 11.8 Å². The van der Waals surface area contributed by atoms with Crippen LogP contribution < -0.4 is 4.90 Å². The molecule has 2 amide bonds. The van der Waals surface area contributed by atoms with Crippen LogP contribution in [0.2, 0.25) is 0 Å². The van der Waals surface area contributed by atoms with Crippen molar-refractivity contribution < 1.29 is 14.7 Å². The molecule has 0 fully saturated rings. The first-order valence-corrected chi connectivity index (χ1v) is 9.26. The van der Waals surface area contributed by atoms with Crippen molar-refractivity contribution >= 4 is 17.5 Å². The topological polar surface area (TPSA) is 60.9 Å². The Bertz CT molecular complexity index is 821. The van der Waals surface area contributed by atoms with Crippen LogP contribution in [-0.2, 0) is 21.4 Å². The highest BCUT2D eigenvalue weighted by molar-refractivity contribution is 6.08. The van der Waals surface area contributed by atoms with E-state index in [-0.39, 0.29) is 24.8 Å². The van der Waals surface area contributed by atoms with E-state index in [4.69, 9.17) is 5.11 Å². The van der Waals surface area contributed by atoms with Crippen LogP contribution in [0.5, 0.6) is 0 Å². The lowest BCUT2D eigenvalue weighted by Crippen LogP contribution is -2.42. The number of para-hydroxylation sites is 1. The van der Waals surface area contributed by atoms with Crippen LogP contribution in [0.15, 0.2) is 54.6 Å². The standard InChI is InChI=1S/C22H26N2O3/c1-23(14-15-25)20(26)12-13-22(16-17-8-4-3-5-9-17)18-10-6-7-11-19(18)24(2)21(22)27/h3-11,25H,12-16H2,1-2H3/t22-/m1/s1. The molecule has 0 radical (unpaired) electrons. The molecule has 1 N–H and O–H groups in total. The molecule has 0 saturated heterocycles. The van der Waals surface area contributed by atoms with Crippen molar-refractivity contribution in [1.82, 2.24) is 4.90 Å². The summed E-state index contributed by atoms with van der Waals surface area (Å²) in [5.41, 5.74) is 2.23. The normalized spacial score (nSPS) is 18.5. The van der Waals surface area contributed by atoms with Crippen molar-refractivity contribution in [2.45, 2.75) is 24.7 Å². The van der Waals surface area contributed by atoms with E-state index in [0.717, 1.165) is 16.8 Å². The van der Waals surface area contributed by atoms with Crippen LogP contribution in [0.4, 0.5) is 5.69 Å². The van der Waals surface area contributed by atoms with Crippen LogP contribution in [0.25, 0.3) is 0 Å². The van der Waals surface area contributed by atoms with Gasteiger partial charge in [-0.2, -0.15) is 0 Å². The highest BCUT2D eigenvalue weighted by atomic mass is 16.3. The second-order valence-corrected chi connectivity index (χ2v) is 7.16. The number of carbonyl (C=O) groups is 2. The predicted octanol–water partition coefficient (Wildman–Crippen LogP) is 2.37. The molecule has 27 heavy (non-hydrogen) atoms. The summed E-state index contributed by atoms with van der Waals surface area (Å²) in [6.07, 6.45) is 1.26. The van der Waals surface area contributed by atoms with Crippen molar-refractivity contribution in [3.8, 4) is 0 Å². The summed E-state index contributed by atoms with van der Waals surface area (Å²) in [4.78, 5) is 29.1. The summed E-state index contributed by atoms with van der Waals surface area (Å²) in [6.45, 7) is 0.233. The summed E-state index contributed by atoms with van der Waals surface area (Å²) >= 11 is 0. The molecule has 0 spiro atoms. The molecular formula is C22H26N2O3. The van der Waals surface area contributed by atoms with E-state index in [1.165, 1.54) is 4.90 Å². The number of carbonyl (C=O) groups excluding carboxylic acids is 2. The van der Waals surface area contributed by atoms with E-state index in [0.29, 0.717) is 19.4 Å². The van der Waals surface area contributed by atoms with Crippen molar-refractivity contribution in [2.24, 2.45) is 0 Å². The minimum absolute atomic E-state index is 0.0326. The number of aliphatic hydroxyl groups is 1. The van der Waals surface area contributed by atoms with Gasteiger partial charge in [0.05, 0.1) is 12.0 Å². The van der Waals surface area contributed by atoms with Gasteiger partial charge in [0.15, 0.2) is 0 Å². The molecule has 0 saturated carbocycles. The predicted molar refractivity (Wildman–Crippen MR) is 106 cm³/mol. The summed E-state index contributed by atoms with van der Waals surface area (Å²) in [6, 6.07) is 17.8. The number of hydrogen-bond donors (Lipinski definition) is 1. The van der Waals surface area contributed by atoms with Gasteiger partial charge in [-0.05, 0) is 30.0 Å². The molecule has 3 rings (SSSR count). The lowest BCUT2D eigenvalue weighted by atomic mass is 9.73. The maximum absolute atomic E-state index is 13.4. The van der Waals surface area contributed by atoms with Gasteiger partial charge in [-0.15, -0.1) is 0 Å². The maximum atomic E-state index is 13.4. The highest BCUT2D eigenvalue weighted by Gasteiger charge is 2.49. The summed E-state index contributed by atoms with van der Waals surface area (Å²) in [5, 5.41) is 9.06. The van der Waals surface area contributed by atoms with Crippen molar-refractivity contribution in [1.29, 1.82) is 0 Å². The average molecular weight is 366 g/mol. The van der Waals surface area contributed by atoms with Crippen LogP contribution in [0.1, 0.15) is 24.0 Å². The minimum Gasteiger partial charge on any atom is -0.395 e. The quantitative estimate of drug-likeness (QED) is 0.818. The monoisotopic (exact) mass is 366 g/mol. The molecule has 1 atom stereocenters. The van der Waals surface area contributed by atoms with Crippen molar-refractivity contribution in [2.75, 3.05) is 32.1 Å². The minimum atomic E-state index is -0.748. The molecule has 0 aliphatic carbocycles. The molecule has 142 valence electrons. The molecule has 0 unspecified atom stereocenters. The lowest BCUT2D eigenvalue weighted by molar-refractivity contribution is -0.131. The summed E-state index contributed by atoms with van der Waals surface area (Å²) in [7, 11) is 3.48. The fourth-order valence-corrected chi connectivity index (χ4v) is 3.95. The van der Waals surface area contributed by atoms with Crippen LogP contribution in [-0.4, -0.2) is 49.1 Å². The Morgan fingerprint density at radius 2 is 1.78 bits per heavy atom. The molecule has 2 aromatic rings. The van der Waals surface area contributed by atoms with Gasteiger partial charge in [0.1, 0.15) is 0 Å². The number of anilines is 1. The molecular weight excluding hydrogens is 340 g/mol. The first-order valence-electron chi connectivity index (χ1n) is 9.26. The maximum Gasteiger partial charge on any atom is 0.237 e. The van der Waals surface area contributed by atoms with Gasteiger partial charge >= 0.3 is 0 Å². The number of fused-ring (bicyclic) bond motifs is 1. The molecule has 2 aromatic carbocycles. The number of likely N-dealkylation sites (N-methyl/N-ethyl adjacent to an activating group) is 2. The zero-order chi connectivity index (χ0) is 19.4. The Balaban J connectivity index is 1.96. The third-order valence-corrected chi connectivity index (χ3v) is 5.47. The van der Waals surface area contributed by atoms with E-state index in [1.54, 1.807) is 19.0 Å². The van der Waals surface area contributed by atoms with Crippen LogP contribution in [0, 0.1) is 0 Å². The second kappa shape index (κ2) is 7.92. The van der Waals surface area contributed by atoms with Gasteiger partial charge in [-0.3, -0.25) is 9.59 Å². The first kappa shape index (κ1) is 19.1. The Morgan fingerprint density at radius 1 is 1.11 bits per heavy atom. The van der Waals surface area contributed by atoms with Crippen molar-refractivity contribution in [3.63, 3.8) is 0 Å². The van der Waals surface area contributed by atoms with Gasteiger partial charge in [0, 0.05) is 32.7 Å². The fourth-order valence-electron chi connectivity index (χ4n) is 3.95. The number of hydrogen-bond acceptors (Lipinski definition) is 3. The molecule has 5 nitrogen and oxygen atoms in total. The number of rotatable bonds is 7. The number of aliphatic hydroxyl groups excluding tert-OH is 1. The fraction of sp³-hybridized carbons (Fsp3) is 0.364. The highest BCUT2D eigenvalue weighted by Crippen LogP contribution is 2.46. The smallest absolute Gasteiger partial charge is 0.237 e. The van der Waals surface area contributed by atoms with E-state index in [2.05, 4.69) is 0 Å². The Labute approximate surface area is 160 Å². The number of nitrogens with zero attached hydrogens (tertiary/aromatic N) is 2. The third-order valence-electron chi connectivity index (χ3n) is 5.47. The van der Waals surface area contributed by atoms with Gasteiger partial charge < -0.3 is 14.9 Å². The average Bonchev–Trinajstić information content (AvgIpc) is 2.90. The Kier molecular flexibility index (Phi) is 5.61. The second-order valence-electron chi connectivity index (χ2n) is 7.16. The molecule has 1 heterocycles. The first-order chi connectivity index (χ1) is 13.0. The molecule has 5 heteroatoms. The van der Waals surface area contributed by atoms with Crippen molar-refractivity contribution in [3.05, 3.63) is 65.7 Å². The SMILES string of the molecule is CN(CCO)C(=O)CC[C@]1(Cc2ccccc2)C(=O)N(C)c2ccccc21. The molecule has 1 aliphatic heterocycles. The molecule has 1 aliphatic rings. The van der Waals surface area contributed by atoms with E-state index in [1.807, 2.05) is 54.6 Å². The number of amides is 2. The van der Waals surface area contributed by atoms with Gasteiger partial charge in [0.25, 0.3) is 0 Å². The van der Waals surface area contributed by atoms with Crippen LogP contribution in [0.3, 0.4) is 0 Å². The molecule has 0 aromatic heterocycles. The largest absolute Gasteiger partial charge is 0.395 e. The van der Waals surface area contributed by atoms with E-state index < -0.39 is 5.41 Å². The lowest BCUT2D eigenvalue weighted by Gasteiger charge is -2.29. The zero-order valence-electron chi connectivity index (χ0n) is 15.9. The van der Waals surface area contributed by atoms with Gasteiger partial charge in [-0.1, -0.05) is 48.5 Å². The molecule has 0 bridgehead atoms. The zero-order valence-corrected chi connectivity index (χ0v) is 15.9. The number of benzene rings is 2.